The van der Waals surface area contributed by atoms with Gasteiger partial charge in [0, 0.05) is 18.2 Å². The number of nitrogens with one attached hydrogen (secondary N) is 2. The van der Waals surface area contributed by atoms with Gasteiger partial charge in [-0.05, 0) is 18.9 Å². The second-order valence-corrected chi connectivity index (χ2v) is 6.12. The Kier molecular flexibility index (Phi) is 6.10. The number of non-ortho nitro benzene ring substituents is 1. The highest BCUT2D eigenvalue weighted by atomic mass is 35.5. The monoisotopic (exact) mass is 355 g/mol. The fourth-order valence-electron chi connectivity index (χ4n) is 2.70. The lowest BCUT2D eigenvalue weighted by atomic mass is 10.1. The zero-order chi connectivity index (χ0) is 17.7. The number of carbonyl (C=O) groups is 2. The Morgan fingerprint density at radius 1 is 1.38 bits per heavy atom. The summed E-state index contributed by atoms with van der Waals surface area (Å²) in [5.74, 6) is -1.68. The lowest BCUT2D eigenvalue weighted by molar-refractivity contribution is -0.384. The Labute approximate surface area is 143 Å². The number of hydrogen-bond donors (Lipinski definition) is 3. The normalized spacial score (nSPS) is 15.9. The molecule has 1 aromatic carbocycles. The summed E-state index contributed by atoms with van der Waals surface area (Å²) in [5, 5.41) is 25.6. The van der Waals surface area contributed by atoms with Crippen LogP contribution in [0.4, 0.5) is 11.4 Å². The van der Waals surface area contributed by atoms with Crippen LogP contribution >= 0.6 is 11.6 Å². The average Bonchev–Trinajstić information content (AvgIpc) is 3.01. The molecule has 1 aliphatic carbocycles. The number of amides is 1. The molecule has 8 nitrogen and oxygen atoms in total. The molecule has 1 unspecified atom stereocenters. The Balaban J connectivity index is 2.01. The molecule has 1 aliphatic rings. The lowest BCUT2D eigenvalue weighted by Gasteiger charge is -2.19. The molecule has 2 rings (SSSR count). The molecule has 0 aromatic heterocycles. The minimum atomic E-state index is -1.11. The van der Waals surface area contributed by atoms with E-state index in [0.717, 1.165) is 31.7 Å². The Morgan fingerprint density at radius 2 is 2.04 bits per heavy atom. The third kappa shape index (κ3) is 4.90. The molecule has 9 heteroatoms. The lowest BCUT2D eigenvalue weighted by Crippen LogP contribution is -2.44. The van der Waals surface area contributed by atoms with E-state index in [4.69, 9.17) is 11.6 Å². The number of carboxylic acids is 1. The molecule has 0 heterocycles. The first-order valence-electron chi connectivity index (χ1n) is 7.59. The van der Waals surface area contributed by atoms with Gasteiger partial charge in [-0.1, -0.05) is 24.4 Å². The quantitative estimate of drug-likeness (QED) is 0.510. The van der Waals surface area contributed by atoms with E-state index in [9.17, 15) is 24.8 Å². The smallest absolute Gasteiger partial charge is 0.321 e. The van der Waals surface area contributed by atoms with E-state index in [1.807, 2.05) is 0 Å². The number of carbonyl (C=O) groups excluding carboxylic acids is 1. The first-order valence-corrected chi connectivity index (χ1v) is 7.97. The molecular formula is C15H18ClN3O5. The Hall–Kier alpha value is -2.19. The van der Waals surface area contributed by atoms with Crippen molar-refractivity contribution in [2.45, 2.75) is 44.2 Å². The summed E-state index contributed by atoms with van der Waals surface area (Å²) in [6.45, 7) is 0. The van der Waals surface area contributed by atoms with Crippen LogP contribution in [0.3, 0.4) is 0 Å². The second kappa shape index (κ2) is 8.07. The standard InChI is InChI=1S/C15H18ClN3O5/c16-11-6-5-10(19(23)24)7-12(11)18-14(20)8-13(15(21)22)17-9-3-1-2-4-9/h5-7,9,13,17H,1-4,8H2,(H,18,20)(H,21,22). The maximum Gasteiger partial charge on any atom is 0.321 e. The van der Waals surface area contributed by atoms with Crippen molar-refractivity contribution in [2.75, 3.05) is 5.32 Å². The zero-order valence-electron chi connectivity index (χ0n) is 12.8. The van der Waals surface area contributed by atoms with Crippen molar-refractivity contribution >= 4 is 34.9 Å². The molecule has 3 N–H and O–H groups in total. The predicted octanol–water partition coefficient (Wildman–Crippen LogP) is 2.56. The minimum absolute atomic E-state index is 0.0841. The molecule has 1 fully saturated rings. The van der Waals surface area contributed by atoms with Gasteiger partial charge >= 0.3 is 5.97 Å². The van der Waals surface area contributed by atoms with Gasteiger partial charge in [-0.25, -0.2) is 0 Å². The van der Waals surface area contributed by atoms with Gasteiger partial charge in [0.1, 0.15) is 6.04 Å². The molecule has 0 bridgehead atoms. The van der Waals surface area contributed by atoms with Crippen molar-refractivity contribution in [3.63, 3.8) is 0 Å². The summed E-state index contributed by atoms with van der Waals surface area (Å²) >= 11 is 5.91. The second-order valence-electron chi connectivity index (χ2n) is 5.71. The number of carboxylic acid groups (broad SMARTS) is 1. The van der Waals surface area contributed by atoms with Crippen LogP contribution in [-0.4, -0.2) is 34.0 Å². The average molecular weight is 356 g/mol. The van der Waals surface area contributed by atoms with Gasteiger partial charge < -0.3 is 15.7 Å². The fourth-order valence-corrected chi connectivity index (χ4v) is 2.87. The van der Waals surface area contributed by atoms with E-state index >= 15 is 0 Å². The number of halogens is 1. The van der Waals surface area contributed by atoms with Crippen molar-refractivity contribution in [3.8, 4) is 0 Å². The van der Waals surface area contributed by atoms with Crippen LogP contribution in [0.25, 0.3) is 0 Å². The molecule has 130 valence electrons. The Bertz CT molecular complexity index is 646. The summed E-state index contributed by atoms with van der Waals surface area (Å²) < 4.78 is 0. The molecule has 0 radical (unpaired) electrons. The number of aliphatic carboxylic acids is 1. The predicted molar refractivity (Wildman–Crippen MR) is 88.2 cm³/mol. The number of nitro benzene ring substituents is 1. The van der Waals surface area contributed by atoms with Crippen molar-refractivity contribution in [1.29, 1.82) is 0 Å². The maximum atomic E-state index is 12.1. The van der Waals surface area contributed by atoms with Gasteiger partial charge in [0.2, 0.25) is 5.91 Å². The van der Waals surface area contributed by atoms with E-state index < -0.39 is 22.8 Å². The molecular weight excluding hydrogens is 338 g/mol. The topological polar surface area (TPSA) is 122 Å². The van der Waals surface area contributed by atoms with Gasteiger partial charge in [-0.3, -0.25) is 19.7 Å². The highest BCUT2D eigenvalue weighted by molar-refractivity contribution is 6.33. The molecule has 1 atom stereocenters. The summed E-state index contributed by atoms with van der Waals surface area (Å²) in [7, 11) is 0. The summed E-state index contributed by atoms with van der Waals surface area (Å²) in [5.41, 5.74) is -0.130. The van der Waals surface area contributed by atoms with Crippen molar-refractivity contribution in [3.05, 3.63) is 33.3 Å². The largest absolute Gasteiger partial charge is 0.480 e. The van der Waals surface area contributed by atoms with Crippen LogP contribution in [0.1, 0.15) is 32.1 Å². The highest BCUT2D eigenvalue weighted by Gasteiger charge is 2.26. The fraction of sp³-hybridized carbons (Fsp3) is 0.467. The van der Waals surface area contributed by atoms with Crippen LogP contribution in [-0.2, 0) is 9.59 Å². The van der Waals surface area contributed by atoms with Gasteiger partial charge in [-0.15, -0.1) is 0 Å². The summed E-state index contributed by atoms with van der Waals surface area (Å²) in [6.07, 6.45) is 3.58. The van der Waals surface area contributed by atoms with Crippen LogP contribution in [0, 0.1) is 10.1 Å². The Morgan fingerprint density at radius 3 is 2.62 bits per heavy atom. The molecule has 0 spiro atoms. The third-order valence-corrected chi connectivity index (χ3v) is 4.24. The van der Waals surface area contributed by atoms with Gasteiger partial charge in [-0.2, -0.15) is 0 Å². The van der Waals surface area contributed by atoms with Crippen LogP contribution < -0.4 is 10.6 Å². The summed E-state index contributed by atoms with van der Waals surface area (Å²) in [6, 6.07) is 2.76. The van der Waals surface area contributed by atoms with Crippen molar-refractivity contribution in [1.82, 2.24) is 5.32 Å². The van der Waals surface area contributed by atoms with Crippen molar-refractivity contribution in [2.24, 2.45) is 0 Å². The van der Waals surface area contributed by atoms with E-state index in [-0.39, 0.29) is 28.9 Å². The molecule has 1 amide bonds. The van der Waals surface area contributed by atoms with Crippen molar-refractivity contribution < 1.29 is 19.6 Å². The zero-order valence-corrected chi connectivity index (χ0v) is 13.6. The van der Waals surface area contributed by atoms with E-state index in [1.165, 1.54) is 12.1 Å². The van der Waals surface area contributed by atoms with Gasteiger partial charge in [0.05, 0.1) is 22.1 Å². The number of hydrogen-bond acceptors (Lipinski definition) is 5. The first kappa shape index (κ1) is 18.2. The summed E-state index contributed by atoms with van der Waals surface area (Å²) in [4.78, 5) is 33.6. The number of benzene rings is 1. The van der Waals surface area contributed by atoms with Crippen LogP contribution in [0.2, 0.25) is 5.02 Å². The molecule has 1 saturated carbocycles. The minimum Gasteiger partial charge on any atom is -0.480 e. The SMILES string of the molecule is O=C(CC(NC1CCCC1)C(=O)O)Nc1cc([N+](=O)[O-])ccc1Cl. The van der Waals surface area contributed by atoms with E-state index in [2.05, 4.69) is 10.6 Å². The van der Waals surface area contributed by atoms with Crippen LogP contribution in [0.15, 0.2) is 18.2 Å². The number of rotatable bonds is 7. The number of nitro groups is 1. The molecule has 1 aromatic rings. The molecule has 0 aliphatic heterocycles. The highest BCUT2D eigenvalue weighted by Crippen LogP contribution is 2.27. The number of nitrogens with zero attached hydrogens (tertiary/aromatic N) is 1. The molecule has 0 saturated heterocycles. The van der Waals surface area contributed by atoms with E-state index in [0.29, 0.717) is 0 Å². The number of anilines is 1. The van der Waals surface area contributed by atoms with Gasteiger partial charge in [0.25, 0.3) is 5.69 Å². The molecule has 24 heavy (non-hydrogen) atoms. The third-order valence-electron chi connectivity index (χ3n) is 3.91. The van der Waals surface area contributed by atoms with E-state index in [1.54, 1.807) is 0 Å². The first-order chi connectivity index (χ1) is 11.4. The van der Waals surface area contributed by atoms with Crippen LogP contribution in [0.5, 0.6) is 0 Å². The maximum absolute atomic E-state index is 12.1. The van der Waals surface area contributed by atoms with Gasteiger partial charge in [0.15, 0.2) is 0 Å².